The van der Waals surface area contributed by atoms with Crippen LogP contribution in [0.2, 0.25) is 17.3 Å². The molecular weight excluding hydrogens is 401 g/mol. The summed E-state index contributed by atoms with van der Waals surface area (Å²) in [5.74, 6) is 8.55. The zero-order valence-electron chi connectivity index (χ0n) is 17.7. The Hall–Kier alpha value is -2.20. The molecule has 0 bridgehead atoms. The van der Waals surface area contributed by atoms with E-state index < -0.39 is 13.3 Å². The van der Waals surface area contributed by atoms with Crippen LogP contribution < -0.4 is 4.40 Å². The second-order valence-electron chi connectivity index (χ2n) is 9.05. The Morgan fingerprint density at radius 2 is 1.57 bits per heavy atom. The van der Waals surface area contributed by atoms with Crippen molar-refractivity contribution in [3.63, 3.8) is 0 Å². The molecule has 3 heteroatoms. The minimum atomic E-state index is -1.90. The molecule has 3 aromatic carbocycles. The SMILES string of the molecule is Cc1c[c]([Ge]([CH3])([CH3])[CH3])cc2ccc3c(-c4ccccc4)nc(C(C)C)nc3c12. The molecule has 0 saturated carbocycles. The van der Waals surface area contributed by atoms with Crippen molar-refractivity contribution in [3.8, 4) is 11.3 Å². The van der Waals surface area contributed by atoms with Crippen molar-refractivity contribution >= 4 is 39.3 Å². The number of aromatic nitrogens is 2. The Morgan fingerprint density at radius 3 is 2.21 bits per heavy atom. The van der Waals surface area contributed by atoms with Crippen LogP contribution in [0.4, 0.5) is 0 Å². The van der Waals surface area contributed by atoms with Crippen LogP contribution in [0.5, 0.6) is 0 Å². The zero-order valence-corrected chi connectivity index (χ0v) is 19.8. The predicted molar refractivity (Wildman–Crippen MR) is 124 cm³/mol. The van der Waals surface area contributed by atoms with Crippen LogP contribution >= 0.6 is 0 Å². The van der Waals surface area contributed by atoms with E-state index in [4.69, 9.17) is 9.97 Å². The van der Waals surface area contributed by atoms with Crippen LogP contribution in [0.1, 0.15) is 31.2 Å². The predicted octanol–water partition coefficient (Wildman–Crippen LogP) is 6.43. The van der Waals surface area contributed by atoms with Crippen molar-refractivity contribution in [2.75, 3.05) is 0 Å². The third-order valence-corrected chi connectivity index (χ3v) is 9.66. The van der Waals surface area contributed by atoms with Crippen LogP contribution in [-0.2, 0) is 0 Å². The summed E-state index contributed by atoms with van der Waals surface area (Å²) in [6.07, 6.45) is 0. The van der Waals surface area contributed by atoms with Gasteiger partial charge in [0.2, 0.25) is 0 Å². The Labute approximate surface area is 170 Å². The van der Waals surface area contributed by atoms with Gasteiger partial charge in [0.05, 0.1) is 0 Å². The monoisotopic (exact) mass is 430 g/mol. The van der Waals surface area contributed by atoms with Crippen molar-refractivity contribution < 1.29 is 0 Å². The standard InChI is InChI=1S/C25H28GeN2/c1-16(2)25-27-23(18-10-8-7-9-11-18)21-13-12-19-15-20(26(4,5)6)14-17(3)22(19)24(21)28-25/h7-16H,1-6H3. The second-order valence-corrected chi connectivity index (χ2v) is 19.7. The maximum absolute atomic E-state index is 5.05. The van der Waals surface area contributed by atoms with Crippen molar-refractivity contribution in [2.24, 2.45) is 0 Å². The third-order valence-electron chi connectivity index (χ3n) is 5.42. The number of aryl methyl sites for hydroxylation is 1. The van der Waals surface area contributed by atoms with E-state index in [1.165, 1.54) is 16.3 Å². The van der Waals surface area contributed by atoms with E-state index in [0.29, 0.717) is 0 Å². The fraction of sp³-hybridized carbons (Fsp3) is 0.280. The molecule has 0 spiro atoms. The van der Waals surface area contributed by atoms with Crippen LogP contribution in [0, 0.1) is 6.92 Å². The molecule has 1 heterocycles. The molecule has 4 rings (SSSR count). The molecule has 0 amide bonds. The maximum atomic E-state index is 5.05. The average Bonchev–Trinajstić information content (AvgIpc) is 2.66. The van der Waals surface area contributed by atoms with E-state index in [2.05, 4.69) is 92.6 Å². The summed E-state index contributed by atoms with van der Waals surface area (Å²) in [7, 11) is 0. The molecule has 0 aliphatic rings. The van der Waals surface area contributed by atoms with Gasteiger partial charge in [0, 0.05) is 0 Å². The quantitative estimate of drug-likeness (QED) is 0.277. The van der Waals surface area contributed by atoms with Crippen molar-refractivity contribution in [3.05, 3.63) is 66.0 Å². The van der Waals surface area contributed by atoms with Gasteiger partial charge in [-0.15, -0.1) is 0 Å². The number of rotatable bonds is 3. The van der Waals surface area contributed by atoms with E-state index in [1.807, 2.05) is 0 Å². The molecule has 4 aromatic rings. The number of fused-ring (bicyclic) bond motifs is 3. The molecule has 0 fully saturated rings. The fourth-order valence-electron chi connectivity index (χ4n) is 3.78. The fourth-order valence-corrected chi connectivity index (χ4v) is 6.38. The number of hydrogen-bond donors (Lipinski definition) is 0. The van der Waals surface area contributed by atoms with Gasteiger partial charge in [0.25, 0.3) is 0 Å². The van der Waals surface area contributed by atoms with Gasteiger partial charge < -0.3 is 0 Å². The van der Waals surface area contributed by atoms with Crippen LogP contribution in [0.15, 0.2) is 54.6 Å². The Morgan fingerprint density at radius 1 is 0.857 bits per heavy atom. The van der Waals surface area contributed by atoms with E-state index >= 15 is 0 Å². The third kappa shape index (κ3) is 3.35. The normalized spacial score (nSPS) is 12.2. The average molecular weight is 429 g/mol. The van der Waals surface area contributed by atoms with Gasteiger partial charge >= 0.3 is 171 Å². The molecule has 0 radical (unpaired) electrons. The molecule has 0 unspecified atom stereocenters. The summed E-state index contributed by atoms with van der Waals surface area (Å²) in [5.41, 5.74) is 4.59. The Kier molecular flexibility index (Phi) is 4.78. The molecule has 28 heavy (non-hydrogen) atoms. The van der Waals surface area contributed by atoms with E-state index in [9.17, 15) is 0 Å². The zero-order chi connectivity index (χ0) is 20.1. The second kappa shape index (κ2) is 7.00. The van der Waals surface area contributed by atoms with Gasteiger partial charge in [0.15, 0.2) is 0 Å². The molecule has 2 nitrogen and oxygen atoms in total. The first-order valence-electron chi connectivity index (χ1n) is 10.1. The summed E-state index contributed by atoms with van der Waals surface area (Å²) in [4.78, 5) is 10.0. The van der Waals surface area contributed by atoms with Crippen molar-refractivity contribution in [2.45, 2.75) is 44.0 Å². The van der Waals surface area contributed by atoms with Gasteiger partial charge in [-0.2, -0.15) is 0 Å². The molecule has 0 aliphatic heterocycles. The van der Waals surface area contributed by atoms with Crippen LogP contribution in [0.3, 0.4) is 0 Å². The minimum absolute atomic E-state index is 0.284. The Balaban J connectivity index is 2.12. The number of nitrogens with zero attached hydrogens (tertiary/aromatic N) is 2. The summed E-state index contributed by atoms with van der Waals surface area (Å²) in [5, 5.41) is 3.71. The molecule has 0 atom stereocenters. The Bertz CT molecular complexity index is 1170. The summed E-state index contributed by atoms with van der Waals surface area (Å²) < 4.78 is 1.55. The van der Waals surface area contributed by atoms with E-state index in [-0.39, 0.29) is 5.92 Å². The first kappa shape index (κ1) is 19.1. The number of hydrogen-bond acceptors (Lipinski definition) is 2. The van der Waals surface area contributed by atoms with Gasteiger partial charge in [-0.05, 0) is 0 Å². The summed E-state index contributed by atoms with van der Waals surface area (Å²) in [6, 6.07) is 19.8. The molecule has 142 valence electrons. The number of benzene rings is 3. The topological polar surface area (TPSA) is 25.8 Å². The van der Waals surface area contributed by atoms with Gasteiger partial charge in [-0.25, -0.2) is 0 Å². The van der Waals surface area contributed by atoms with Crippen molar-refractivity contribution in [1.29, 1.82) is 0 Å². The molecular formula is C25H28GeN2. The van der Waals surface area contributed by atoms with Gasteiger partial charge in [0.1, 0.15) is 0 Å². The summed E-state index contributed by atoms with van der Waals surface area (Å²) >= 11 is -1.90. The van der Waals surface area contributed by atoms with E-state index in [0.717, 1.165) is 28.0 Å². The van der Waals surface area contributed by atoms with Crippen molar-refractivity contribution in [1.82, 2.24) is 9.97 Å². The molecule has 1 aromatic heterocycles. The summed E-state index contributed by atoms with van der Waals surface area (Å²) in [6.45, 7) is 6.57. The molecule has 0 aliphatic carbocycles. The van der Waals surface area contributed by atoms with Crippen LogP contribution in [-0.4, -0.2) is 23.2 Å². The van der Waals surface area contributed by atoms with Crippen LogP contribution in [0.25, 0.3) is 32.9 Å². The first-order chi connectivity index (χ1) is 13.3. The van der Waals surface area contributed by atoms with E-state index in [1.54, 1.807) is 4.40 Å². The van der Waals surface area contributed by atoms with Gasteiger partial charge in [-0.3, -0.25) is 0 Å². The van der Waals surface area contributed by atoms with Gasteiger partial charge in [-0.1, -0.05) is 0 Å². The first-order valence-corrected chi connectivity index (χ1v) is 17.4. The molecule has 0 N–H and O–H groups in total. The molecule has 0 saturated heterocycles.